The molecular weight excluding hydrogens is 218 g/mol. The van der Waals surface area contributed by atoms with Gasteiger partial charge < -0.3 is 5.32 Å². The molecule has 2 aromatic rings. The minimum atomic E-state index is 0.202. The van der Waals surface area contributed by atoms with Crippen molar-refractivity contribution in [3.63, 3.8) is 0 Å². The monoisotopic (exact) mass is 241 g/mol. The van der Waals surface area contributed by atoms with Gasteiger partial charge in [-0.25, -0.2) is 0 Å². The third-order valence-electron chi connectivity index (χ3n) is 3.81. The Kier molecular flexibility index (Phi) is 3.72. The minimum absolute atomic E-state index is 0.202. The highest BCUT2D eigenvalue weighted by atomic mass is 14.8. The summed E-state index contributed by atoms with van der Waals surface area (Å²) in [4.78, 5) is 0. The smallest absolute Gasteiger partial charge is 0.00436 e. The Morgan fingerprint density at radius 2 is 1.78 bits per heavy atom. The van der Waals surface area contributed by atoms with Crippen molar-refractivity contribution in [3.05, 3.63) is 47.5 Å². The van der Waals surface area contributed by atoms with Crippen LogP contribution in [-0.4, -0.2) is 13.6 Å². The second-order valence-corrected chi connectivity index (χ2v) is 5.72. The van der Waals surface area contributed by atoms with Crippen LogP contribution in [0.25, 0.3) is 10.8 Å². The normalized spacial score (nSPS) is 12.0. The van der Waals surface area contributed by atoms with Crippen LogP contribution in [0.4, 0.5) is 0 Å². The van der Waals surface area contributed by atoms with Crippen LogP contribution in [0.2, 0.25) is 0 Å². The van der Waals surface area contributed by atoms with Gasteiger partial charge in [-0.1, -0.05) is 50.2 Å². The lowest BCUT2D eigenvalue weighted by atomic mass is 9.77. The van der Waals surface area contributed by atoms with Gasteiger partial charge >= 0.3 is 0 Å². The molecule has 1 heteroatoms. The molecule has 0 fully saturated rings. The molecule has 0 aliphatic heterocycles. The molecule has 2 aromatic carbocycles. The van der Waals surface area contributed by atoms with E-state index in [-0.39, 0.29) is 5.41 Å². The molecule has 1 N–H and O–H groups in total. The molecule has 0 spiro atoms. The average Bonchev–Trinajstić information content (AvgIpc) is 2.36. The van der Waals surface area contributed by atoms with Gasteiger partial charge in [0.2, 0.25) is 0 Å². The first-order valence-corrected chi connectivity index (χ1v) is 6.70. The van der Waals surface area contributed by atoms with Crippen LogP contribution in [0.3, 0.4) is 0 Å². The fraction of sp³-hybridized carbons (Fsp3) is 0.412. The molecule has 96 valence electrons. The molecule has 0 radical (unpaired) electrons. The van der Waals surface area contributed by atoms with E-state index in [4.69, 9.17) is 0 Å². The van der Waals surface area contributed by atoms with Gasteiger partial charge in [0.15, 0.2) is 0 Å². The van der Waals surface area contributed by atoms with E-state index in [0.717, 1.165) is 13.0 Å². The zero-order valence-electron chi connectivity index (χ0n) is 11.9. The minimum Gasteiger partial charge on any atom is -0.320 e. The maximum absolute atomic E-state index is 3.26. The molecule has 0 atom stereocenters. The Morgan fingerprint density at radius 3 is 2.50 bits per heavy atom. The highest BCUT2D eigenvalue weighted by molar-refractivity contribution is 5.87. The third kappa shape index (κ3) is 2.41. The zero-order valence-corrected chi connectivity index (χ0v) is 11.9. The van der Waals surface area contributed by atoms with Gasteiger partial charge in [0.1, 0.15) is 0 Å². The van der Waals surface area contributed by atoms with E-state index in [0.29, 0.717) is 0 Å². The Morgan fingerprint density at radius 1 is 1.06 bits per heavy atom. The largest absolute Gasteiger partial charge is 0.320 e. The standard InChI is InChI=1S/C17H23N/c1-13-9-10-14-7-5-6-8-15(14)16(13)17(2,3)11-12-18-4/h5-10,18H,11-12H2,1-4H3. The quantitative estimate of drug-likeness (QED) is 0.852. The van der Waals surface area contributed by atoms with Crippen LogP contribution in [0, 0.1) is 6.92 Å². The first kappa shape index (κ1) is 13.1. The van der Waals surface area contributed by atoms with Crippen LogP contribution >= 0.6 is 0 Å². The molecular formula is C17H23N. The van der Waals surface area contributed by atoms with Crippen molar-refractivity contribution >= 4 is 10.8 Å². The molecule has 2 rings (SSSR count). The topological polar surface area (TPSA) is 12.0 Å². The summed E-state index contributed by atoms with van der Waals surface area (Å²) >= 11 is 0. The van der Waals surface area contributed by atoms with Crippen molar-refractivity contribution in [1.29, 1.82) is 0 Å². The predicted molar refractivity (Wildman–Crippen MR) is 80.3 cm³/mol. The summed E-state index contributed by atoms with van der Waals surface area (Å²) in [6.07, 6.45) is 1.15. The predicted octanol–water partition coefficient (Wildman–Crippen LogP) is 4.04. The molecule has 0 amide bonds. The maximum atomic E-state index is 3.26. The molecule has 0 saturated carbocycles. The Bertz CT molecular complexity index is 540. The van der Waals surface area contributed by atoms with Crippen molar-refractivity contribution in [2.45, 2.75) is 32.6 Å². The number of benzene rings is 2. The molecule has 0 saturated heterocycles. The molecule has 0 heterocycles. The van der Waals surface area contributed by atoms with Gasteiger partial charge in [-0.15, -0.1) is 0 Å². The van der Waals surface area contributed by atoms with Gasteiger partial charge in [0, 0.05) is 0 Å². The lowest BCUT2D eigenvalue weighted by molar-refractivity contribution is 0.470. The first-order valence-electron chi connectivity index (χ1n) is 6.70. The number of rotatable bonds is 4. The Labute approximate surface area is 110 Å². The zero-order chi connectivity index (χ0) is 13.2. The number of nitrogens with one attached hydrogen (secondary N) is 1. The molecule has 0 aromatic heterocycles. The summed E-state index contributed by atoms with van der Waals surface area (Å²) in [6, 6.07) is 13.2. The highest BCUT2D eigenvalue weighted by Gasteiger charge is 2.23. The number of aryl methyl sites for hydroxylation is 1. The van der Waals surface area contributed by atoms with Crippen molar-refractivity contribution in [2.75, 3.05) is 13.6 Å². The molecule has 0 aliphatic carbocycles. The summed E-state index contributed by atoms with van der Waals surface area (Å²) in [5.41, 5.74) is 3.10. The van der Waals surface area contributed by atoms with Gasteiger partial charge in [0.05, 0.1) is 0 Å². The van der Waals surface area contributed by atoms with Gasteiger partial charge in [-0.05, 0) is 54.3 Å². The molecule has 0 unspecified atom stereocenters. The summed E-state index contributed by atoms with van der Waals surface area (Å²) in [6.45, 7) is 7.97. The second kappa shape index (κ2) is 5.11. The summed E-state index contributed by atoms with van der Waals surface area (Å²) in [5, 5.41) is 6.01. The van der Waals surface area contributed by atoms with Crippen LogP contribution in [0.15, 0.2) is 36.4 Å². The molecule has 0 aliphatic rings. The van der Waals surface area contributed by atoms with E-state index in [9.17, 15) is 0 Å². The highest BCUT2D eigenvalue weighted by Crippen LogP contribution is 2.35. The molecule has 1 nitrogen and oxygen atoms in total. The van der Waals surface area contributed by atoms with Crippen LogP contribution in [-0.2, 0) is 5.41 Å². The third-order valence-corrected chi connectivity index (χ3v) is 3.81. The molecule has 18 heavy (non-hydrogen) atoms. The molecule has 0 bridgehead atoms. The fourth-order valence-electron chi connectivity index (χ4n) is 2.84. The number of hydrogen-bond acceptors (Lipinski definition) is 1. The van der Waals surface area contributed by atoms with E-state index in [1.807, 2.05) is 7.05 Å². The van der Waals surface area contributed by atoms with Gasteiger partial charge in [-0.2, -0.15) is 0 Å². The van der Waals surface area contributed by atoms with Crippen molar-refractivity contribution in [2.24, 2.45) is 0 Å². The Hall–Kier alpha value is -1.34. The number of fused-ring (bicyclic) bond motifs is 1. The van der Waals surface area contributed by atoms with Crippen LogP contribution < -0.4 is 5.32 Å². The SMILES string of the molecule is CNCCC(C)(C)c1c(C)ccc2ccccc12. The van der Waals surface area contributed by atoms with Gasteiger partial charge in [0.25, 0.3) is 0 Å². The lowest BCUT2D eigenvalue weighted by Crippen LogP contribution is -2.24. The summed E-state index contributed by atoms with van der Waals surface area (Å²) in [5.74, 6) is 0. The first-order chi connectivity index (χ1) is 8.56. The lowest BCUT2D eigenvalue weighted by Gasteiger charge is -2.29. The van der Waals surface area contributed by atoms with Crippen molar-refractivity contribution < 1.29 is 0 Å². The van der Waals surface area contributed by atoms with Crippen LogP contribution in [0.1, 0.15) is 31.4 Å². The van der Waals surface area contributed by atoms with Crippen molar-refractivity contribution in [1.82, 2.24) is 5.32 Å². The average molecular weight is 241 g/mol. The van der Waals surface area contributed by atoms with E-state index in [2.05, 4.69) is 62.5 Å². The van der Waals surface area contributed by atoms with Crippen molar-refractivity contribution in [3.8, 4) is 0 Å². The maximum Gasteiger partial charge on any atom is -0.00436 e. The van der Waals surface area contributed by atoms with Gasteiger partial charge in [-0.3, -0.25) is 0 Å². The summed E-state index contributed by atoms with van der Waals surface area (Å²) < 4.78 is 0. The van der Waals surface area contributed by atoms with E-state index < -0.39 is 0 Å². The fourth-order valence-corrected chi connectivity index (χ4v) is 2.84. The van der Waals surface area contributed by atoms with E-state index in [1.165, 1.54) is 21.9 Å². The van der Waals surface area contributed by atoms with E-state index >= 15 is 0 Å². The van der Waals surface area contributed by atoms with E-state index in [1.54, 1.807) is 0 Å². The van der Waals surface area contributed by atoms with Crippen LogP contribution in [0.5, 0.6) is 0 Å². The number of hydrogen-bond donors (Lipinski definition) is 1. The summed E-state index contributed by atoms with van der Waals surface area (Å²) in [7, 11) is 2.02. The Balaban J connectivity index is 2.58. The second-order valence-electron chi connectivity index (χ2n) is 5.72.